The van der Waals surface area contributed by atoms with Crippen LogP contribution in [0, 0.1) is 21.4 Å². The Hall–Kier alpha value is -2.81. The molecule has 0 saturated carbocycles. The van der Waals surface area contributed by atoms with Gasteiger partial charge in [-0.2, -0.15) is 5.26 Å². The first-order chi connectivity index (χ1) is 9.11. The lowest BCUT2D eigenvalue weighted by atomic mass is 10.2. The Morgan fingerprint density at radius 1 is 1.47 bits per heavy atom. The maximum Gasteiger partial charge on any atom is 0.293 e. The molecule has 0 fully saturated rings. The molecular weight excluding hydrogens is 244 g/mol. The summed E-state index contributed by atoms with van der Waals surface area (Å²) in [5.41, 5.74) is 1.60. The molecule has 2 aromatic rings. The number of aryl methyl sites for hydroxylation is 1. The smallest absolute Gasteiger partial charge is 0.293 e. The topological polar surface area (TPSA) is 83.9 Å². The van der Waals surface area contributed by atoms with Gasteiger partial charge >= 0.3 is 0 Å². The average Bonchev–Trinajstić information content (AvgIpc) is 2.81. The minimum atomic E-state index is -0.492. The lowest BCUT2D eigenvalue weighted by molar-refractivity contribution is -0.384. The molecule has 0 bridgehead atoms. The van der Waals surface area contributed by atoms with E-state index in [0.717, 1.165) is 5.69 Å². The van der Waals surface area contributed by atoms with Crippen molar-refractivity contribution in [3.8, 4) is 6.07 Å². The summed E-state index contributed by atoms with van der Waals surface area (Å²) in [6, 6.07) is 10.1. The third-order valence-corrected chi connectivity index (χ3v) is 2.83. The number of hydrogen-bond acceptors (Lipinski definition) is 4. The molecule has 0 amide bonds. The van der Waals surface area contributed by atoms with Crippen LogP contribution in [0.2, 0.25) is 0 Å². The molecule has 1 aromatic carbocycles. The van der Waals surface area contributed by atoms with Crippen LogP contribution in [0.1, 0.15) is 11.3 Å². The third kappa shape index (κ3) is 2.72. The highest BCUT2D eigenvalue weighted by atomic mass is 16.6. The Labute approximate surface area is 110 Å². The summed E-state index contributed by atoms with van der Waals surface area (Å²) in [7, 11) is 1.91. The Morgan fingerprint density at radius 3 is 2.84 bits per heavy atom. The fraction of sp³-hybridized carbons (Fsp3) is 0.154. The summed E-state index contributed by atoms with van der Waals surface area (Å²) >= 11 is 0. The van der Waals surface area contributed by atoms with Gasteiger partial charge < -0.3 is 9.88 Å². The molecule has 0 radical (unpaired) electrons. The van der Waals surface area contributed by atoms with Crippen LogP contribution in [-0.4, -0.2) is 9.49 Å². The molecule has 1 N–H and O–H groups in total. The van der Waals surface area contributed by atoms with E-state index in [4.69, 9.17) is 5.26 Å². The number of anilines is 1. The van der Waals surface area contributed by atoms with Gasteiger partial charge in [-0.15, -0.1) is 0 Å². The zero-order valence-electron chi connectivity index (χ0n) is 10.3. The van der Waals surface area contributed by atoms with Crippen LogP contribution < -0.4 is 5.32 Å². The predicted molar refractivity (Wildman–Crippen MR) is 70.6 cm³/mol. The van der Waals surface area contributed by atoms with Crippen molar-refractivity contribution < 1.29 is 4.92 Å². The molecule has 0 saturated heterocycles. The van der Waals surface area contributed by atoms with Gasteiger partial charge in [-0.05, 0) is 24.3 Å². The van der Waals surface area contributed by atoms with Gasteiger partial charge in [0.05, 0.1) is 23.1 Å². The molecule has 0 atom stereocenters. The van der Waals surface area contributed by atoms with Crippen molar-refractivity contribution in [2.24, 2.45) is 7.05 Å². The van der Waals surface area contributed by atoms with Gasteiger partial charge in [-0.25, -0.2) is 0 Å². The first kappa shape index (κ1) is 12.6. The van der Waals surface area contributed by atoms with E-state index in [9.17, 15) is 10.1 Å². The fourth-order valence-electron chi connectivity index (χ4n) is 1.77. The third-order valence-electron chi connectivity index (χ3n) is 2.83. The molecule has 6 nitrogen and oxygen atoms in total. The summed E-state index contributed by atoms with van der Waals surface area (Å²) in [6.45, 7) is 0.482. The van der Waals surface area contributed by atoms with Gasteiger partial charge in [0.2, 0.25) is 0 Å². The highest BCUT2D eigenvalue weighted by Crippen LogP contribution is 2.25. The van der Waals surface area contributed by atoms with Crippen LogP contribution in [0.4, 0.5) is 11.4 Å². The second kappa shape index (κ2) is 5.23. The molecule has 6 heteroatoms. The molecule has 0 aliphatic carbocycles. The largest absolute Gasteiger partial charge is 0.374 e. The van der Waals surface area contributed by atoms with Crippen LogP contribution in [0.15, 0.2) is 36.5 Å². The van der Waals surface area contributed by atoms with Crippen LogP contribution in [0.5, 0.6) is 0 Å². The van der Waals surface area contributed by atoms with Gasteiger partial charge in [0.25, 0.3) is 5.69 Å². The van der Waals surface area contributed by atoms with Crippen molar-refractivity contribution in [2.75, 3.05) is 5.32 Å². The van der Waals surface area contributed by atoms with Gasteiger partial charge in [-0.1, -0.05) is 0 Å². The van der Waals surface area contributed by atoms with E-state index >= 15 is 0 Å². The predicted octanol–water partition coefficient (Wildman–Crippen LogP) is 2.42. The second-order valence-corrected chi connectivity index (χ2v) is 4.06. The molecule has 1 aromatic heterocycles. The SMILES string of the molecule is Cn1cccc1CNc1ccc(C#N)cc1[N+](=O)[O-]. The number of rotatable bonds is 4. The molecule has 2 rings (SSSR count). The fourth-order valence-corrected chi connectivity index (χ4v) is 1.77. The Bertz CT molecular complexity index is 655. The van der Waals surface area contributed by atoms with Crippen molar-refractivity contribution in [3.05, 3.63) is 57.9 Å². The molecule has 0 aliphatic rings. The van der Waals surface area contributed by atoms with Crippen LogP contribution >= 0.6 is 0 Å². The first-order valence-corrected chi connectivity index (χ1v) is 5.64. The number of nitrogens with one attached hydrogen (secondary N) is 1. The van der Waals surface area contributed by atoms with Crippen molar-refractivity contribution in [3.63, 3.8) is 0 Å². The maximum absolute atomic E-state index is 11.0. The Morgan fingerprint density at radius 2 is 2.26 bits per heavy atom. The van der Waals surface area contributed by atoms with Crippen molar-refractivity contribution in [1.82, 2.24) is 4.57 Å². The standard InChI is InChI=1S/C13H12N4O2/c1-16-6-2-3-11(16)9-15-12-5-4-10(8-14)7-13(12)17(18)19/h2-7,15H,9H2,1H3. The summed E-state index contributed by atoms with van der Waals surface area (Å²) in [5.74, 6) is 0. The summed E-state index contributed by atoms with van der Waals surface area (Å²) in [6.07, 6.45) is 1.91. The van der Waals surface area contributed by atoms with Crippen molar-refractivity contribution in [2.45, 2.75) is 6.54 Å². The van der Waals surface area contributed by atoms with E-state index in [0.29, 0.717) is 12.2 Å². The quantitative estimate of drug-likeness (QED) is 0.672. The van der Waals surface area contributed by atoms with Gasteiger partial charge in [0.15, 0.2) is 0 Å². The normalized spacial score (nSPS) is 9.89. The van der Waals surface area contributed by atoms with E-state index < -0.39 is 4.92 Å². The Kier molecular flexibility index (Phi) is 3.48. The van der Waals surface area contributed by atoms with E-state index in [2.05, 4.69) is 5.32 Å². The molecular formula is C13H12N4O2. The summed E-state index contributed by atoms with van der Waals surface area (Å²) in [5, 5.41) is 22.7. The number of nitrogens with zero attached hydrogens (tertiary/aromatic N) is 3. The second-order valence-electron chi connectivity index (χ2n) is 4.06. The molecule has 0 unspecified atom stereocenters. The molecule has 19 heavy (non-hydrogen) atoms. The molecule has 96 valence electrons. The summed E-state index contributed by atoms with van der Waals surface area (Å²) < 4.78 is 1.93. The lowest BCUT2D eigenvalue weighted by Crippen LogP contribution is -2.06. The highest BCUT2D eigenvalue weighted by Gasteiger charge is 2.14. The number of nitriles is 1. The zero-order valence-corrected chi connectivity index (χ0v) is 10.3. The van der Waals surface area contributed by atoms with E-state index in [1.165, 1.54) is 6.07 Å². The minimum absolute atomic E-state index is 0.0896. The molecule has 1 heterocycles. The molecule has 0 spiro atoms. The lowest BCUT2D eigenvalue weighted by Gasteiger charge is -2.08. The van der Waals surface area contributed by atoms with Gasteiger partial charge in [-0.3, -0.25) is 10.1 Å². The van der Waals surface area contributed by atoms with Crippen molar-refractivity contribution >= 4 is 11.4 Å². The number of hydrogen-bond donors (Lipinski definition) is 1. The van der Waals surface area contributed by atoms with E-state index in [1.807, 2.05) is 36.0 Å². The number of benzene rings is 1. The van der Waals surface area contributed by atoms with Crippen molar-refractivity contribution in [1.29, 1.82) is 5.26 Å². The zero-order chi connectivity index (χ0) is 13.8. The number of aromatic nitrogens is 1. The summed E-state index contributed by atoms with van der Waals surface area (Å²) in [4.78, 5) is 10.5. The van der Waals surface area contributed by atoms with E-state index in [1.54, 1.807) is 12.1 Å². The highest BCUT2D eigenvalue weighted by molar-refractivity contribution is 5.64. The maximum atomic E-state index is 11.0. The van der Waals surface area contributed by atoms with Crippen LogP contribution in [0.3, 0.4) is 0 Å². The van der Waals surface area contributed by atoms with Gasteiger partial charge in [0.1, 0.15) is 5.69 Å². The minimum Gasteiger partial charge on any atom is -0.374 e. The van der Waals surface area contributed by atoms with E-state index in [-0.39, 0.29) is 11.3 Å². The first-order valence-electron chi connectivity index (χ1n) is 5.64. The van der Waals surface area contributed by atoms with Crippen LogP contribution in [0.25, 0.3) is 0 Å². The average molecular weight is 256 g/mol. The number of nitro benzene ring substituents is 1. The molecule has 0 aliphatic heterocycles. The monoisotopic (exact) mass is 256 g/mol. The number of nitro groups is 1. The Balaban J connectivity index is 2.23. The van der Waals surface area contributed by atoms with Crippen LogP contribution in [-0.2, 0) is 13.6 Å². The van der Waals surface area contributed by atoms with Gasteiger partial charge in [0, 0.05) is 25.0 Å².